The van der Waals surface area contributed by atoms with Gasteiger partial charge >= 0.3 is 0 Å². The van der Waals surface area contributed by atoms with Gasteiger partial charge in [-0.3, -0.25) is 5.43 Å². The van der Waals surface area contributed by atoms with Gasteiger partial charge < -0.3 is 0 Å². The number of hydrazone groups is 1. The summed E-state index contributed by atoms with van der Waals surface area (Å²) in [6.45, 7) is 4.68. The number of hydrogen-bond donors (Lipinski definition) is 1. The molecule has 2 aromatic carbocycles. The second kappa shape index (κ2) is 7.47. The lowest BCUT2D eigenvalue weighted by Crippen LogP contribution is -2.53. The van der Waals surface area contributed by atoms with Crippen LogP contribution in [-0.2, 0) is 0 Å². The summed E-state index contributed by atoms with van der Waals surface area (Å²) in [6, 6.07) is 16.8. The van der Waals surface area contributed by atoms with Crippen LogP contribution in [0.3, 0.4) is 0 Å². The van der Waals surface area contributed by atoms with Crippen molar-refractivity contribution in [3.8, 4) is 11.3 Å². The van der Waals surface area contributed by atoms with Crippen molar-refractivity contribution in [3.05, 3.63) is 76.9 Å². The van der Waals surface area contributed by atoms with Gasteiger partial charge in [0, 0.05) is 16.9 Å². The first kappa shape index (κ1) is 19.2. The normalized spacial score (nSPS) is 24.6. The van der Waals surface area contributed by atoms with E-state index in [1.807, 2.05) is 30.3 Å². The maximum atomic E-state index is 13.3. The van der Waals surface area contributed by atoms with Crippen molar-refractivity contribution >= 4 is 28.3 Å². The number of thiazole rings is 1. The van der Waals surface area contributed by atoms with E-state index >= 15 is 0 Å². The van der Waals surface area contributed by atoms with Crippen LogP contribution in [0.15, 0.2) is 70.7 Å². The van der Waals surface area contributed by atoms with Crippen molar-refractivity contribution in [2.45, 2.75) is 26.7 Å². The van der Waals surface area contributed by atoms with E-state index in [4.69, 9.17) is 10.1 Å². The standard InChI is InChI=1S/C25H24FN3S/c1-25(2)19-13-18(12-16-8-10-20(26)11-9-16)23(21(25)14-19)28-29-24-27-22(15-30-24)17-6-4-3-5-7-17/h3-12,15,19,21H,13-14H2,1-2H3,(H,27,29). The molecular weight excluding hydrogens is 393 g/mol. The molecule has 0 amide bonds. The van der Waals surface area contributed by atoms with Crippen molar-refractivity contribution in [2.24, 2.45) is 22.4 Å². The minimum atomic E-state index is -0.210. The molecule has 3 nitrogen and oxygen atoms in total. The van der Waals surface area contributed by atoms with Gasteiger partial charge in [-0.15, -0.1) is 11.3 Å². The predicted molar refractivity (Wildman–Crippen MR) is 123 cm³/mol. The summed E-state index contributed by atoms with van der Waals surface area (Å²) in [5.74, 6) is 0.903. The Hall–Kier alpha value is -2.79. The Labute approximate surface area is 180 Å². The van der Waals surface area contributed by atoms with Crippen LogP contribution in [0, 0.1) is 23.1 Å². The number of rotatable bonds is 4. The van der Waals surface area contributed by atoms with E-state index in [0.29, 0.717) is 11.8 Å². The highest BCUT2D eigenvalue weighted by atomic mass is 32.1. The van der Waals surface area contributed by atoms with Gasteiger partial charge in [0.15, 0.2) is 0 Å². The fourth-order valence-corrected chi connectivity index (χ4v) is 5.30. The van der Waals surface area contributed by atoms with Crippen molar-refractivity contribution in [1.29, 1.82) is 0 Å². The fourth-order valence-electron chi connectivity index (χ4n) is 4.64. The minimum Gasteiger partial charge on any atom is -0.252 e. The molecule has 152 valence electrons. The van der Waals surface area contributed by atoms with Gasteiger partial charge in [-0.2, -0.15) is 5.10 Å². The first-order valence-electron chi connectivity index (χ1n) is 10.3. The molecule has 2 bridgehead atoms. The molecule has 0 aliphatic heterocycles. The number of aromatic nitrogens is 1. The lowest BCUT2D eigenvalue weighted by atomic mass is 9.47. The number of benzene rings is 2. The summed E-state index contributed by atoms with van der Waals surface area (Å²) in [6.07, 6.45) is 4.35. The van der Waals surface area contributed by atoms with Crippen LogP contribution < -0.4 is 5.43 Å². The third-order valence-electron chi connectivity index (χ3n) is 6.65. The van der Waals surface area contributed by atoms with E-state index < -0.39 is 0 Å². The SMILES string of the molecule is CC1(C)C2CC(=Cc3ccc(F)cc3)C(=NNc3nc(-c4ccccc4)cs3)C1C2. The van der Waals surface area contributed by atoms with Gasteiger partial charge in [0.2, 0.25) is 5.13 Å². The lowest BCUT2D eigenvalue weighted by Gasteiger charge is -2.57. The molecule has 30 heavy (non-hydrogen) atoms. The molecule has 3 aromatic rings. The second-order valence-electron chi connectivity index (χ2n) is 8.74. The van der Waals surface area contributed by atoms with E-state index in [0.717, 1.165) is 34.1 Å². The molecular formula is C25H24FN3S. The Balaban J connectivity index is 1.43. The molecule has 1 heterocycles. The summed E-state index contributed by atoms with van der Waals surface area (Å²) in [5, 5.41) is 7.69. The van der Waals surface area contributed by atoms with Gasteiger partial charge in [-0.05, 0) is 53.5 Å². The minimum absolute atomic E-state index is 0.210. The van der Waals surface area contributed by atoms with Crippen LogP contribution in [0.4, 0.5) is 9.52 Å². The van der Waals surface area contributed by atoms with Crippen molar-refractivity contribution in [3.63, 3.8) is 0 Å². The van der Waals surface area contributed by atoms with Crippen molar-refractivity contribution in [2.75, 3.05) is 5.43 Å². The topological polar surface area (TPSA) is 37.3 Å². The summed E-state index contributed by atoms with van der Waals surface area (Å²) >= 11 is 1.56. The quantitative estimate of drug-likeness (QED) is 0.471. The third-order valence-corrected chi connectivity index (χ3v) is 7.40. The van der Waals surface area contributed by atoms with Crippen LogP contribution >= 0.6 is 11.3 Å². The van der Waals surface area contributed by atoms with Crippen LogP contribution in [0.2, 0.25) is 0 Å². The van der Waals surface area contributed by atoms with Gasteiger partial charge in [-0.25, -0.2) is 9.37 Å². The molecule has 0 saturated heterocycles. The number of nitrogens with one attached hydrogen (secondary N) is 1. The van der Waals surface area contributed by atoms with Gasteiger partial charge in [0.1, 0.15) is 5.82 Å². The summed E-state index contributed by atoms with van der Waals surface area (Å²) < 4.78 is 13.3. The maximum absolute atomic E-state index is 13.3. The monoisotopic (exact) mass is 417 g/mol. The van der Waals surface area contributed by atoms with E-state index in [9.17, 15) is 4.39 Å². The van der Waals surface area contributed by atoms with E-state index in [1.54, 1.807) is 11.3 Å². The van der Waals surface area contributed by atoms with Crippen molar-refractivity contribution < 1.29 is 4.39 Å². The van der Waals surface area contributed by atoms with Crippen LogP contribution in [0.25, 0.3) is 17.3 Å². The molecule has 3 saturated carbocycles. The molecule has 3 aliphatic carbocycles. The zero-order valence-electron chi connectivity index (χ0n) is 17.1. The fraction of sp³-hybridized carbons (Fsp3) is 0.280. The van der Waals surface area contributed by atoms with Crippen LogP contribution in [0.1, 0.15) is 32.3 Å². The number of allylic oxidation sites excluding steroid dienone is 1. The Bertz CT molecular complexity index is 1110. The lowest BCUT2D eigenvalue weighted by molar-refractivity contribution is 0.0143. The van der Waals surface area contributed by atoms with Gasteiger partial charge in [0.05, 0.1) is 11.4 Å². The Morgan fingerprint density at radius 2 is 1.90 bits per heavy atom. The van der Waals surface area contributed by atoms with E-state index in [1.165, 1.54) is 24.1 Å². The Morgan fingerprint density at radius 1 is 1.13 bits per heavy atom. The molecule has 2 unspecified atom stereocenters. The number of anilines is 1. The molecule has 1 aromatic heterocycles. The molecule has 3 fully saturated rings. The Morgan fingerprint density at radius 3 is 2.63 bits per heavy atom. The molecule has 3 aliphatic rings. The van der Waals surface area contributed by atoms with Crippen molar-refractivity contribution in [1.82, 2.24) is 4.98 Å². The summed E-state index contributed by atoms with van der Waals surface area (Å²) in [4.78, 5) is 4.70. The van der Waals surface area contributed by atoms with E-state index in [-0.39, 0.29) is 11.2 Å². The smallest absolute Gasteiger partial charge is 0.203 e. The molecule has 5 heteroatoms. The molecule has 0 spiro atoms. The Kier molecular flexibility index (Phi) is 4.78. The third kappa shape index (κ3) is 3.47. The average molecular weight is 418 g/mol. The largest absolute Gasteiger partial charge is 0.252 e. The highest BCUT2D eigenvalue weighted by Crippen LogP contribution is 2.59. The van der Waals surface area contributed by atoms with Crippen LogP contribution in [0.5, 0.6) is 0 Å². The first-order valence-corrected chi connectivity index (χ1v) is 11.2. The van der Waals surface area contributed by atoms with Gasteiger partial charge in [0.25, 0.3) is 0 Å². The number of nitrogens with zero attached hydrogens (tertiary/aromatic N) is 2. The van der Waals surface area contributed by atoms with E-state index in [2.05, 4.69) is 42.9 Å². The molecule has 2 atom stereocenters. The zero-order chi connectivity index (χ0) is 20.7. The predicted octanol–water partition coefficient (Wildman–Crippen LogP) is 6.87. The van der Waals surface area contributed by atoms with Crippen LogP contribution in [-0.4, -0.2) is 10.7 Å². The average Bonchev–Trinajstić information content (AvgIpc) is 3.24. The first-order chi connectivity index (χ1) is 14.5. The number of fused-ring (bicyclic) bond motifs is 2. The second-order valence-corrected chi connectivity index (χ2v) is 9.60. The molecule has 6 rings (SSSR count). The van der Waals surface area contributed by atoms with Gasteiger partial charge in [-0.1, -0.05) is 56.3 Å². The summed E-state index contributed by atoms with van der Waals surface area (Å²) in [7, 11) is 0. The summed E-state index contributed by atoms with van der Waals surface area (Å²) in [5.41, 5.74) is 8.91. The number of hydrogen-bond acceptors (Lipinski definition) is 4. The number of halogens is 1. The maximum Gasteiger partial charge on any atom is 0.203 e. The highest BCUT2D eigenvalue weighted by Gasteiger charge is 2.54. The zero-order valence-corrected chi connectivity index (χ0v) is 17.9. The molecule has 0 radical (unpaired) electrons. The highest BCUT2D eigenvalue weighted by molar-refractivity contribution is 7.14. The molecule has 1 N–H and O–H groups in total.